The molecule has 6 nitrogen and oxygen atoms in total. The standard InChI is InChI=1S/C29H23F5N4O2/c1-5-18(24-25(35-4)38(27(40)28(24,2)3)23-8-6-7-13-36-23)16-9-11-20(29(32,33)34)19(14-16)26(39)37-17-10-12-21(30)22(31)15-17/h5-15H,4H2,1-3H3,(H,37,39)/b18-5-. The van der Waals surface area contributed by atoms with Gasteiger partial charge in [0, 0.05) is 23.5 Å². The van der Waals surface area contributed by atoms with Gasteiger partial charge in [0.1, 0.15) is 11.6 Å². The van der Waals surface area contributed by atoms with E-state index >= 15 is 0 Å². The summed E-state index contributed by atoms with van der Waals surface area (Å²) in [5.74, 6) is -3.60. The van der Waals surface area contributed by atoms with Crippen molar-refractivity contribution in [3.63, 3.8) is 0 Å². The van der Waals surface area contributed by atoms with Gasteiger partial charge in [0.05, 0.1) is 16.5 Å². The Morgan fingerprint density at radius 3 is 2.38 bits per heavy atom. The summed E-state index contributed by atoms with van der Waals surface area (Å²) in [6.07, 6.45) is -1.81. The molecule has 1 aliphatic heterocycles. The Balaban J connectivity index is 1.86. The van der Waals surface area contributed by atoms with E-state index < -0.39 is 40.3 Å². The van der Waals surface area contributed by atoms with Gasteiger partial charge in [0.25, 0.3) is 5.91 Å². The van der Waals surface area contributed by atoms with Crippen LogP contribution in [0.3, 0.4) is 0 Å². The fraction of sp³-hybridized carbons (Fsp3) is 0.172. The van der Waals surface area contributed by atoms with Crippen molar-refractivity contribution in [2.45, 2.75) is 26.9 Å². The highest BCUT2D eigenvalue weighted by atomic mass is 19.4. The largest absolute Gasteiger partial charge is 0.417 e. The van der Waals surface area contributed by atoms with Crippen molar-refractivity contribution in [3.8, 4) is 0 Å². The van der Waals surface area contributed by atoms with E-state index in [4.69, 9.17) is 0 Å². The summed E-state index contributed by atoms with van der Waals surface area (Å²) in [6, 6.07) is 10.4. The number of aliphatic imine (C=N–C) groups is 1. The zero-order valence-corrected chi connectivity index (χ0v) is 21.6. The van der Waals surface area contributed by atoms with Gasteiger partial charge in [0.2, 0.25) is 5.91 Å². The van der Waals surface area contributed by atoms with Crippen molar-refractivity contribution in [1.82, 2.24) is 4.98 Å². The first-order chi connectivity index (χ1) is 18.8. The quantitative estimate of drug-likeness (QED) is 0.263. The average Bonchev–Trinajstić information content (AvgIpc) is 3.11. The fourth-order valence-electron chi connectivity index (χ4n) is 4.55. The van der Waals surface area contributed by atoms with E-state index in [0.717, 1.165) is 24.3 Å². The number of aromatic nitrogens is 1. The molecular formula is C29H23F5N4O2. The van der Waals surface area contributed by atoms with E-state index in [2.05, 4.69) is 22.0 Å². The first-order valence-corrected chi connectivity index (χ1v) is 11.9. The first kappa shape index (κ1) is 28.3. The van der Waals surface area contributed by atoms with Crippen LogP contribution in [0.25, 0.3) is 5.57 Å². The minimum absolute atomic E-state index is 0.148. The summed E-state index contributed by atoms with van der Waals surface area (Å²) in [4.78, 5) is 36.2. The monoisotopic (exact) mass is 554 g/mol. The molecule has 1 aliphatic rings. The van der Waals surface area contributed by atoms with Crippen LogP contribution in [0.15, 0.2) is 83.3 Å². The third-order valence-electron chi connectivity index (χ3n) is 6.44. The van der Waals surface area contributed by atoms with Gasteiger partial charge in [-0.2, -0.15) is 13.2 Å². The molecule has 2 amide bonds. The number of alkyl halides is 3. The van der Waals surface area contributed by atoms with Crippen molar-refractivity contribution < 1.29 is 31.5 Å². The van der Waals surface area contributed by atoms with Crippen LogP contribution in [0.5, 0.6) is 0 Å². The van der Waals surface area contributed by atoms with E-state index in [9.17, 15) is 31.5 Å². The van der Waals surface area contributed by atoms with E-state index in [1.54, 1.807) is 45.0 Å². The molecule has 1 aromatic heterocycles. The number of carbonyl (C=O) groups excluding carboxylic acids is 2. The van der Waals surface area contributed by atoms with Crippen LogP contribution in [0.4, 0.5) is 33.5 Å². The number of carbonyl (C=O) groups is 2. The van der Waals surface area contributed by atoms with Crippen LogP contribution in [0.1, 0.15) is 42.3 Å². The SMILES string of the molecule is C=NC1=C(/C(=C\C)c2ccc(C(F)(F)F)c(C(=O)Nc3ccc(F)c(F)c3)c2)C(C)(C)C(=O)N1c1ccccn1. The Morgan fingerprint density at radius 1 is 1.07 bits per heavy atom. The maximum atomic E-state index is 13.9. The third kappa shape index (κ3) is 5.02. The molecule has 4 rings (SSSR count). The molecule has 2 heterocycles. The van der Waals surface area contributed by atoms with E-state index in [-0.39, 0.29) is 28.8 Å². The molecule has 40 heavy (non-hydrogen) atoms. The summed E-state index contributed by atoms with van der Waals surface area (Å²) in [5, 5.41) is 2.19. The maximum absolute atomic E-state index is 13.9. The Morgan fingerprint density at radius 2 is 1.80 bits per heavy atom. The predicted molar refractivity (Wildman–Crippen MR) is 141 cm³/mol. The van der Waals surface area contributed by atoms with E-state index in [1.807, 2.05) is 0 Å². The lowest BCUT2D eigenvalue weighted by Crippen LogP contribution is -2.33. The second-order valence-corrected chi connectivity index (χ2v) is 9.35. The zero-order valence-electron chi connectivity index (χ0n) is 21.6. The predicted octanol–water partition coefficient (Wildman–Crippen LogP) is 7.02. The minimum atomic E-state index is -4.90. The number of halogens is 5. The molecular weight excluding hydrogens is 531 g/mol. The summed E-state index contributed by atoms with van der Waals surface area (Å²) < 4.78 is 68.7. The van der Waals surface area contributed by atoms with Crippen molar-refractivity contribution in [2.75, 3.05) is 10.2 Å². The number of hydrogen-bond acceptors (Lipinski definition) is 4. The van der Waals surface area contributed by atoms with Gasteiger partial charge < -0.3 is 5.32 Å². The Bertz CT molecular complexity index is 1580. The molecule has 0 atom stereocenters. The molecule has 0 radical (unpaired) electrons. The molecule has 0 spiro atoms. The highest BCUT2D eigenvalue weighted by molar-refractivity contribution is 6.10. The Labute approximate surface area is 226 Å². The van der Waals surface area contributed by atoms with Crippen LogP contribution in [0.2, 0.25) is 0 Å². The number of allylic oxidation sites excluding steroid dienone is 2. The van der Waals surface area contributed by atoms with Gasteiger partial charge in [0.15, 0.2) is 11.6 Å². The number of anilines is 2. The molecule has 0 bridgehead atoms. The first-order valence-electron chi connectivity index (χ1n) is 11.9. The molecule has 2 aromatic carbocycles. The topological polar surface area (TPSA) is 74.7 Å². The van der Waals surface area contributed by atoms with Gasteiger partial charge in [-0.1, -0.05) is 18.2 Å². The average molecular weight is 555 g/mol. The maximum Gasteiger partial charge on any atom is 0.417 e. The lowest BCUT2D eigenvalue weighted by molar-refractivity contribution is -0.137. The van der Waals surface area contributed by atoms with Crippen LogP contribution in [0, 0.1) is 17.0 Å². The number of nitrogens with zero attached hydrogens (tertiary/aromatic N) is 3. The number of hydrogen-bond donors (Lipinski definition) is 1. The van der Waals surface area contributed by atoms with Crippen LogP contribution in [-0.4, -0.2) is 23.5 Å². The fourth-order valence-corrected chi connectivity index (χ4v) is 4.55. The molecule has 11 heteroatoms. The second kappa shape index (κ2) is 10.5. The van der Waals surface area contributed by atoms with Crippen LogP contribution < -0.4 is 10.2 Å². The molecule has 1 N–H and O–H groups in total. The highest BCUT2D eigenvalue weighted by Crippen LogP contribution is 2.48. The number of nitrogens with one attached hydrogen (secondary N) is 1. The van der Waals surface area contributed by atoms with Gasteiger partial charge in [-0.3, -0.25) is 9.59 Å². The number of rotatable bonds is 6. The number of amides is 2. The summed E-state index contributed by atoms with van der Waals surface area (Å²) in [5.41, 5.74) is -2.53. The smallest absolute Gasteiger partial charge is 0.322 e. The molecule has 0 saturated heterocycles. The molecule has 0 fully saturated rings. The highest BCUT2D eigenvalue weighted by Gasteiger charge is 2.48. The van der Waals surface area contributed by atoms with Gasteiger partial charge >= 0.3 is 6.18 Å². The Hall–Kier alpha value is -4.67. The van der Waals surface area contributed by atoms with Crippen molar-refractivity contribution in [3.05, 3.63) is 107 Å². The zero-order chi connectivity index (χ0) is 29.4. The molecule has 0 unspecified atom stereocenters. The van der Waals surface area contributed by atoms with Crippen LogP contribution >= 0.6 is 0 Å². The summed E-state index contributed by atoms with van der Waals surface area (Å²) in [6.45, 7) is 8.52. The summed E-state index contributed by atoms with van der Waals surface area (Å²) >= 11 is 0. The van der Waals surface area contributed by atoms with E-state index in [0.29, 0.717) is 17.2 Å². The lowest BCUT2D eigenvalue weighted by atomic mass is 9.78. The Kier molecular flexibility index (Phi) is 7.42. The third-order valence-corrected chi connectivity index (χ3v) is 6.44. The van der Waals surface area contributed by atoms with Crippen molar-refractivity contribution >= 4 is 35.6 Å². The number of pyridine rings is 1. The normalized spacial score (nSPS) is 15.4. The minimum Gasteiger partial charge on any atom is -0.322 e. The van der Waals surface area contributed by atoms with E-state index in [1.165, 1.54) is 17.2 Å². The summed E-state index contributed by atoms with van der Waals surface area (Å²) in [7, 11) is 0. The van der Waals surface area contributed by atoms with Crippen molar-refractivity contribution in [2.24, 2.45) is 10.4 Å². The number of benzene rings is 2. The second-order valence-electron chi connectivity index (χ2n) is 9.35. The van der Waals surface area contributed by atoms with Gasteiger partial charge in [-0.05, 0) is 75.0 Å². The van der Waals surface area contributed by atoms with Gasteiger partial charge in [-0.15, -0.1) is 0 Å². The molecule has 0 aliphatic carbocycles. The molecule has 3 aromatic rings. The van der Waals surface area contributed by atoms with Gasteiger partial charge in [-0.25, -0.2) is 23.7 Å². The molecule has 0 saturated carbocycles. The van der Waals surface area contributed by atoms with Crippen molar-refractivity contribution in [1.29, 1.82) is 0 Å². The van der Waals surface area contributed by atoms with Crippen LogP contribution in [-0.2, 0) is 11.0 Å². The molecule has 206 valence electrons. The lowest BCUT2D eigenvalue weighted by Gasteiger charge is -2.23.